The van der Waals surface area contributed by atoms with Crippen LogP contribution in [0.4, 0.5) is 0 Å². The van der Waals surface area contributed by atoms with Crippen LogP contribution in [0.5, 0.6) is 5.75 Å². The van der Waals surface area contributed by atoms with Crippen molar-refractivity contribution in [2.45, 2.75) is 26.6 Å². The van der Waals surface area contributed by atoms with Gasteiger partial charge in [-0.25, -0.2) is 0 Å². The Morgan fingerprint density at radius 1 is 1.11 bits per heavy atom. The predicted molar refractivity (Wildman–Crippen MR) is 107 cm³/mol. The molecule has 144 valence electrons. The topological polar surface area (TPSA) is 73.2 Å². The summed E-state index contributed by atoms with van der Waals surface area (Å²) in [6.07, 6.45) is 3.25. The quantitative estimate of drug-likeness (QED) is 0.581. The lowest BCUT2D eigenvalue weighted by Gasteiger charge is -2.09. The largest absolute Gasteiger partial charge is 0.489 e. The van der Waals surface area contributed by atoms with Crippen LogP contribution in [0.3, 0.4) is 0 Å². The van der Waals surface area contributed by atoms with Crippen LogP contribution in [0.1, 0.15) is 28.5 Å². The number of carbonyl (C=O) groups excluding carboxylic acids is 1. The molecule has 0 fully saturated rings. The van der Waals surface area contributed by atoms with Crippen molar-refractivity contribution in [2.75, 3.05) is 6.54 Å². The summed E-state index contributed by atoms with van der Waals surface area (Å²) in [7, 11) is 0. The van der Waals surface area contributed by atoms with Gasteiger partial charge in [-0.05, 0) is 29.8 Å². The van der Waals surface area contributed by atoms with Crippen LogP contribution < -0.4 is 15.6 Å². The zero-order chi connectivity index (χ0) is 19.8. The summed E-state index contributed by atoms with van der Waals surface area (Å²) >= 11 is 0. The maximum atomic E-state index is 12.4. The summed E-state index contributed by atoms with van der Waals surface area (Å²) in [5, 5.41) is 3.20. The summed E-state index contributed by atoms with van der Waals surface area (Å²) < 4.78 is 7.00. The summed E-state index contributed by atoms with van der Waals surface area (Å²) in [6, 6.07) is 16.3. The monoisotopic (exact) mass is 377 g/mol. The molecule has 0 bridgehead atoms. The highest BCUT2D eigenvalue weighted by Crippen LogP contribution is 2.10. The molecule has 2 aromatic heterocycles. The first-order valence-corrected chi connectivity index (χ1v) is 9.22. The average molecular weight is 377 g/mol. The SMILES string of the molecule is CCNCc1ccc(C(=O)Cn2ccc(OCc3ccccc3)cc2=O)nc1. The minimum atomic E-state index is -0.289. The second-order valence-electron chi connectivity index (χ2n) is 6.36. The van der Waals surface area contributed by atoms with Gasteiger partial charge in [-0.3, -0.25) is 14.6 Å². The van der Waals surface area contributed by atoms with Gasteiger partial charge in [0.05, 0.1) is 6.54 Å². The van der Waals surface area contributed by atoms with E-state index in [0.29, 0.717) is 24.6 Å². The summed E-state index contributed by atoms with van der Waals surface area (Å²) in [6.45, 7) is 3.93. The van der Waals surface area contributed by atoms with Crippen LogP contribution in [0.25, 0.3) is 0 Å². The Balaban J connectivity index is 1.60. The van der Waals surface area contributed by atoms with Gasteiger partial charge < -0.3 is 14.6 Å². The molecule has 0 aliphatic carbocycles. The van der Waals surface area contributed by atoms with Gasteiger partial charge in [0.15, 0.2) is 0 Å². The molecule has 0 saturated heterocycles. The minimum absolute atomic E-state index is 0.0582. The van der Waals surface area contributed by atoms with E-state index in [0.717, 1.165) is 17.7 Å². The molecule has 0 aliphatic rings. The van der Waals surface area contributed by atoms with E-state index in [1.165, 1.54) is 10.6 Å². The molecule has 6 heteroatoms. The Labute approximate surface area is 163 Å². The van der Waals surface area contributed by atoms with Gasteiger partial charge in [0.2, 0.25) is 5.78 Å². The Morgan fingerprint density at radius 3 is 2.61 bits per heavy atom. The van der Waals surface area contributed by atoms with E-state index >= 15 is 0 Å². The highest BCUT2D eigenvalue weighted by molar-refractivity contribution is 5.94. The van der Waals surface area contributed by atoms with Crippen molar-refractivity contribution in [2.24, 2.45) is 0 Å². The molecular weight excluding hydrogens is 354 g/mol. The Bertz CT molecular complexity index is 966. The van der Waals surface area contributed by atoms with Crippen molar-refractivity contribution in [3.8, 4) is 5.75 Å². The fourth-order valence-corrected chi connectivity index (χ4v) is 2.65. The van der Waals surface area contributed by atoms with Crippen LogP contribution in [-0.2, 0) is 19.7 Å². The lowest BCUT2D eigenvalue weighted by atomic mass is 10.2. The van der Waals surface area contributed by atoms with E-state index < -0.39 is 0 Å². The molecule has 0 unspecified atom stereocenters. The normalized spacial score (nSPS) is 10.6. The van der Waals surface area contributed by atoms with Crippen molar-refractivity contribution in [1.82, 2.24) is 14.9 Å². The van der Waals surface area contributed by atoms with Gasteiger partial charge in [-0.1, -0.05) is 43.3 Å². The van der Waals surface area contributed by atoms with Crippen molar-refractivity contribution in [3.63, 3.8) is 0 Å². The van der Waals surface area contributed by atoms with E-state index in [9.17, 15) is 9.59 Å². The lowest BCUT2D eigenvalue weighted by molar-refractivity contribution is 0.0966. The second-order valence-corrected chi connectivity index (χ2v) is 6.36. The lowest BCUT2D eigenvalue weighted by Crippen LogP contribution is -2.23. The first kappa shape index (κ1) is 19.5. The number of Topliss-reactive ketones (excluding diaryl/α,β-unsaturated/α-hetero) is 1. The number of pyridine rings is 2. The molecule has 0 radical (unpaired) electrons. The van der Waals surface area contributed by atoms with Crippen LogP contribution >= 0.6 is 0 Å². The van der Waals surface area contributed by atoms with Crippen molar-refractivity contribution in [1.29, 1.82) is 0 Å². The number of ketones is 1. The maximum Gasteiger partial charge on any atom is 0.254 e. The number of nitrogens with one attached hydrogen (secondary N) is 1. The molecule has 0 saturated carbocycles. The molecule has 0 spiro atoms. The maximum absolute atomic E-state index is 12.4. The van der Waals surface area contributed by atoms with Gasteiger partial charge in [-0.15, -0.1) is 0 Å². The first-order chi connectivity index (χ1) is 13.7. The van der Waals surface area contributed by atoms with E-state index in [2.05, 4.69) is 10.3 Å². The van der Waals surface area contributed by atoms with Crippen LogP contribution in [-0.4, -0.2) is 21.9 Å². The number of nitrogens with zero attached hydrogens (tertiary/aromatic N) is 2. The highest BCUT2D eigenvalue weighted by Gasteiger charge is 2.10. The molecule has 1 N–H and O–H groups in total. The van der Waals surface area contributed by atoms with Crippen LogP contribution in [0.2, 0.25) is 0 Å². The summed E-state index contributed by atoms with van der Waals surface area (Å²) in [4.78, 5) is 28.9. The molecule has 0 aliphatic heterocycles. The fourth-order valence-electron chi connectivity index (χ4n) is 2.65. The smallest absolute Gasteiger partial charge is 0.254 e. The molecule has 0 atom stereocenters. The summed E-state index contributed by atoms with van der Waals surface area (Å²) in [5.41, 5.74) is 2.08. The molecule has 28 heavy (non-hydrogen) atoms. The van der Waals surface area contributed by atoms with E-state index in [4.69, 9.17) is 4.74 Å². The number of aromatic nitrogens is 2. The highest BCUT2D eigenvalue weighted by atomic mass is 16.5. The molecule has 0 amide bonds. The number of rotatable bonds is 9. The molecule has 2 heterocycles. The van der Waals surface area contributed by atoms with Gasteiger partial charge >= 0.3 is 0 Å². The van der Waals surface area contributed by atoms with Gasteiger partial charge in [0.25, 0.3) is 5.56 Å². The third kappa shape index (κ3) is 5.37. The zero-order valence-electron chi connectivity index (χ0n) is 15.8. The van der Waals surface area contributed by atoms with E-state index in [-0.39, 0.29) is 17.9 Å². The third-order valence-corrected chi connectivity index (χ3v) is 4.22. The van der Waals surface area contributed by atoms with Crippen molar-refractivity contribution in [3.05, 3.63) is 94.2 Å². The molecular formula is C22H23N3O3. The van der Waals surface area contributed by atoms with Crippen LogP contribution in [0.15, 0.2) is 71.8 Å². The molecule has 6 nitrogen and oxygen atoms in total. The molecule has 1 aromatic carbocycles. The Hall–Kier alpha value is -3.25. The number of benzene rings is 1. The number of hydrogen-bond acceptors (Lipinski definition) is 5. The predicted octanol–water partition coefficient (Wildman–Crippen LogP) is 2.81. The van der Waals surface area contributed by atoms with Crippen molar-refractivity contribution < 1.29 is 9.53 Å². The number of carbonyl (C=O) groups is 1. The van der Waals surface area contributed by atoms with Crippen LogP contribution in [0, 0.1) is 0 Å². The van der Waals surface area contributed by atoms with E-state index in [1.54, 1.807) is 24.5 Å². The number of ether oxygens (including phenoxy) is 1. The first-order valence-electron chi connectivity index (χ1n) is 9.22. The van der Waals surface area contributed by atoms with Crippen molar-refractivity contribution >= 4 is 5.78 Å². The van der Waals surface area contributed by atoms with Gasteiger partial charge in [0, 0.05) is 25.0 Å². The standard InChI is InChI=1S/C22H23N3O3/c1-2-23-13-18-8-9-20(24-14-18)21(26)15-25-11-10-19(12-22(25)27)28-16-17-6-4-3-5-7-17/h3-12,14,23H,2,13,15-16H2,1H3. The van der Waals surface area contributed by atoms with Gasteiger partial charge in [0.1, 0.15) is 18.1 Å². The average Bonchev–Trinajstić information content (AvgIpc) is 2.73. The van der Waals surface area contributed by atoms with E-state index in [1.807, 2.05) is 43.3 Å². The Kier molecular flexibility index (Phi) is 6.70. The minimum Gasteiger partial charge on any atom is -0.489 e. The zero-order valence-corrected chi connectivity index (χ0v) is 15.8. The number of hydrogen-bond donors (Lipinski definition) is 1. The van der Waals surface area contributed by atoms with Gasteiger partial charge in [-0.2, -0.15) is 0 Å². The fraction of sp³-hybridized carbons (Fsp3) is 0.227. The molecule has 3 aromatic rings. The second kappa shape index (κ2) is 9.62. The third-order valence-electron chi connectivity index (χ3n) is 4.22. The summed E-state index contributed by atoms with van der Waals surface area (Å²) in [5.74, 6) is 0.263. The molecule has 3 rings (SSSR count). The Morgan fingerprint density at radius 2 is 1.93 bits per heavy atom.